The zero-order valence-corrected chi connectivity index (χ0v) is 38.2. The summed E-state index contributed by atoms with van der Waals surface area (Å²) in [5.74, 6) is 2.44. The van der Waals surface area contributed by atoms with Gasteiger partial charge in [-0.25, -0.2) is 4.98 Å². The normalized spacial score (nSPS) is 13.2. The van der Waals surface area contributed by atoms with Crippen LogP contribution < -0.4 is 14.5 Å². The molecule has 2 aromatic heterocycles. The molecule has 1 aliphatic rings. The van der Waals surface area contributed by atoms with Crippen molar-refractivity contribution < 1.29 is 4.74 Å². The number of anilines is 4. The van der Waals surface area contributed by atoms with Crippen LogP contribution in [-0.4, -0.2) is 16.2 Å². The fourth-order valence-electron chi connectivity index (χ4n) is 9.24. The zero-order valence-electron chi connectivity index (χ0n) is 38.2. The molecule has 0 radical (unpaired) electrons. The Bertz CT molecular complexity index is 3170. The predicted molar refractivity (Wildman–Crippen MR) is 269 cm³/mol. The number of hydrogen-bond donors (Lipinski definition) is 0. The molecule has 5 heteroatoms. The van der Waals surface area contributed by atoms with Crippen molar-refractivity contribution in [3.05, 3.63) is 204 Å². The van der Waals surface area contributed by atoms with Crippen LogP contribution in [0.5, 0.6) is 11.5 Å². The molecular formula is C59H56N4O. The van der Waals surface area contributed by atoms with Crippen LogP contribution in [-0.2, 0) is 16.2 Å². The van der Waals surface area contributed by atoms with Crippen LogP contribution in [0.25, 0.3) is 38.8 Å². The Balaban J connectivity index is 1.10. The molecule has 3 heterocycles. The number of para-hydroxylation sites is 3. The molecule has 7 aromatic carbocycles. The molecule has 0 N–H and O–H groups in total. The maximum atomic E-state index is 7.07. The quantitative estimate of drug-likeness (QED) is 0.153. The predicted octanol–water partition coefficient (Wildman–Crippen LogP) is 15.8. The molecule has 64 heavy (non-hydrogen) atoms. The van der Waals surface area contributed by atoms with Crippen LogP contribution in [0.2, 0.25) is 0 Å². The monoisotopic (exact) mass is 836 g/mol. The minimum absolute atomic E-state index is 0.0184. The Kier molecular flexibility index (Phi) is 9.98. The number of nitrogens with zero attached hydrogens (tertiary/aromatic N) is 4. The molecule has 0 unspecified atom stereocenters. The number of aromatic nitrogens is 2. The molecule has 0 bridgehead atoms. The molecule has 0 fully saturated rings. The first-order valence-electron chi connectivity index (χ1n) is 22.5. The van der Waals surface area contributed by atoms with Crippen LogP contribution in [0.4, 0.5) is 22.7 Å². The van der Waals surface area contributed by atoms with E-state index in [1.54, 1.807) is 0 Å². The summed E-state index contributed by atoms with van der Waals surface area (Å²) in [6.45, 7) is 18.9. The van der Waals surface area contributed by atoms with E-state index < -0.39 is 0 Å². The summed E-state index contributed by atoms with van der Waals surface area (Å²) in [4.78, 5) is 9.83. The molecule has 1 aliphatic heterocycles. The summed E-state index contributed by atoms with van der Waals surface area (Å²) in [5.41, 5.74) is 13.7. The van der Waals surface area contributed by atoms with Gasteiger partial charge in [0.05, 0.1) is 22.4 Å². The molecule has 0 atom stereocenters. The van der Waals surface area contributed by atoms with Crippen molar-refractivity contribution in [1.29, 1.82) is 0 Å². The fraction of sp³-hybridized carbons (Fsp3) is 0.203. The standard InChI is InChI=1S/C59H56N4O/c1-57(2,3)43-29-30-60-56(36-43)63-52-24-16-15-23-50(52)51-28-27-48(38-55(51)63)64-49-35-45(59(7,8)42-21-13-10-14-22-42)34-47(37-49)62-39-61(53-25-17-18-26-54(53)62)46-32-41(40-19-11-9-12-20-40)31-44(33-46)58(4,5)6/h9-38H,39H2,1-8H3. The van der Waals surface area contributed by atoms with Gasteiger partial charge in [-0.3, -0.25) is 4.57 Å². The van der Waals surface area contributed by atoms with E-state index in [2.05, 4.69) is 246 Å². The topological polar surface area (TPSA) is 33.5 Å². The maximum absolute atomic E-state index is 7.07. The fourth-order valence-corrected chi connectivity index (χ4v) is 9.24. The third-order valence-corrected chi connectivity index (χ3v) is 13.1. The van der Waals surface area contributed by atoms with E-state index in [4.69, 9.17) is 9.72 Å². The Morgan fingerprint density at radius 2 is 1.05 bits per heavy atom. The van der Waals surface area contributed by atoms with Crippen LogP contribution in [0.3, 0.4) is 0 Å². The second-order valence-electron chi connectivity index (χ2n) is 19.9. The molecule has 318 valence electrons. The van der Waals surface area contributed by atoms with Crippen molar-refractivity contribution in [2.45, 2.75) is 71.6 Å². The van der Waals surface area contributed by atoms with Gasteiger partial charge in [-0.15, -0.1) is 0 Å². The lowest BCUT2D eigenvalue weighted by molar-refractivity contribution is 0.480. The van der Waals surface area contributed by atoms with E-state index >= 15 is 0 Å². The number of fused-ring (bicyclic) bond motifs is 4. The SMILES string of the molecule is CC(C)(C)c1cc(-c2ccccc2)cc(N2CN(c3cc(Oc4ccc5c6ccccc6n(-c6cc(C(C)(C)C)ccn6)c5c4)cc(C(C)(C)c4ccccc4)c3)c3ccccc32)c1. The first-order valence-corrected chi connectivity index (χ1v) is 22.5. The molecule has 0 spiro atoms. The van der Waals surface area contributed by atoms with Gasteiger partial charge in [-0.2, -0.15) is 0 Å². The highest BCUT2D eigenvalue weighted by atomic mass is 16.5. The molecule has 5 nitrogen and oxygen atoms in total. The van der Waals surface area contributed by atoms with Crippen molar-refractivity contribution in [3.63, 3.8) is 0 Å². The summed E-state index contributed by atoms with van der Waals surface area (Å²) >= 11 is 0. The second kappa shape index (κ2) is 15.6. The average molecular weight is 837 g/mol. The van der Waals surface area contributed by atoms with Crippen molar-refractivity contribution in [2.75, 3.05) is 16.5 Å². The van der Waals surface area contributed by atoms with Crippen LogP contribution >= 0.6 is 0 Å². The Morgan fingerprint density at radius 1 is 0.438 bits per heavy atom. The largest absolute Gasteiger partial charge is 0.457 e. The minimum atomic E-state index is -0.319. The lowest BCUT2D eigenvalue weighted by Gasteiger charge is -2.29. The Hall–Kier alpha value is -7.11. The highest BCUT2D eigenvalue weighted by Gasteiger charge is 2.32. The molecule has 9 aromatic rings. The number of pyridine rings is 1. The van der Waals surface area contributed by atoms with E-state index in [0.717, 1.165) is 45.1 Å². The third kappa shape index (κ3) is 7.49. The number of hydrogen-bond acceptors (Lipinski definition) is 4. The highest BCUT2D eigenvalue weighted by molar-refractivity contribution is 6.09. The lowest BCUT2D eigenvalue weighted by Crippen LogP contribution is -2.25. The average Bonchev–Trinajstić information content (AvgIpc) is 3.85. The van der Waals surface area contributed by atoms with Gasteiger partial charge in [0, 0.05) is 45.9 Å². The molecule has 0 saturated carbocycles. The number of ether oxygens (including phenoxy) is 1. The number of rotatable bonds is 8. The zero-order chi connectivity index (χ0) is 44.4. The van der Waals surface area contributed by atoms with Gasteiger partial charge < -0.3 is 14.5 Å². The van der Waals surface area contributed by atoms with Crippen molar-refractivity contribution in [3.8, 4) is 28.4 Å². The van der Waals surface area contributed by atoms with Gasteiger partial charge in [0.25, 0.3) is 0 Å². The van der Waals surface area contributed by atoms with E-state index in [-0.39, 0.29) is 16.2 Å². The summed E-state index contributed by atoms with van der Waals surface area (Å²) < 4.78 is 9.35. The third-order valence-electron chi connectivity index (χ3n) is 13.1. The van der Waals surface area contributed by atoms with Gasteiger partial charge >= 0.3 is 0 Å². The first-order chi connectivity index (χ1) is 30.7. The second-order valence-corrected chi connectivity index (χ2v) is 19.9. The summed E-state index contributed by atoms with van der Waals surface area (Å²) in [6, 6.07) is 63.6. The smallest absolute Gasteiger partial charge is 0.137 e. The lowest BCUT2D eigenvalue weighted by atomic mass is 9.78. The van der Waals surface area contributed by atoms with E-state index in [1.807, 2.05) is 6.20 Å². The summed E-state index contributed by atoms with van der Waals surface area (Å²) in [7, 11) is 0. The van der Waals surface area contributed by atoms with Crippen LogP contribution in [0, 0.1) is 0 Å². The summed E-state index contributed by atoms with van der Waals surface area (Å²) in [5, 5.41) is 2.34. The van der Waals surface area contributed by atoms with Crippen molar-refractivity contribution >= 4 is 44.6 Å². The first kappa shape index (κ1) is 40.9. The highest BCUT2D eigenvalue weighted by Crippen LogP contribution is 2.48. The Labute approximate surface area is 378 Å². The van der Waals surface area contributed by atoms with Crippen LogP contribution in [0.15, 0.2) is 182 Å². The summed E-state index contributed by atoms with van der Waals surface area (Å²) in [6.07, 6.45) is 1.93. The van der Waals surface area contributed by atoms with E-state index in [9.17, 15) is 0 Å². The van der Waals surface area contributed by atoms with Gasteiger partial charge in [-0.1, -0.05) is 152 Å². The molecule has 0 aliphatic carbocycles. The van der Waals surface area contributed by atoms with Crippen molar-refractivity contribution in [1.82, 2.24) is 9.55 Å². The van der Waals surface area contributed by atoms with Gasteiger partial charge in [0.1, 0.15) is 24.0 Å². The van der Waals surface area contributed by atoms with Gasteiger partial charge in [0.15, 0.2) is 0 Å². The van der Waals surface area contributed by atoms with Crippen molar-refractivity contribution in [2.24, 2.45) is 0 Å². The molecule has 0 amide bonds. The molecule has 0 saturated heterocycles. The molecular weight excluding hydrogens is 781 g/mol. The Morgan fingerprint density at radius 3 is 1.75 bits per heavy atom. The van der Waals surface area contributed by atoms with E-state index in [1.165, 1.54) is 50.1 Å². The number of benzene rings is 7. The van der Waals surface area contributed by atoms with Crippen LogP contribution in [0.1, 0.15) is 77.6 Å². The van der Waals surface area contributed by atoms with E-state index in [0.29, 0.717) is 6.67 Å². The minimum Gasteiger partial charge on any atom is -0.457 e. The van der Waals surface area contributed by atoms with Gasteiger partial charge in [0.2, 0.25) is 0 Å². The molecule has 10 rings (SSSR count). The maximum Gasteiger partial charge on any atom is 0.137 e. The van der Waals surface area contributed by atoms with Gasteiger partial charge in [-0.05, 0) is 111 Å².